The molecule has 0 radical (unpaired) electrons. The number of rotatable bonds is 2. The van der Waals surface area contributed by atoms with Gasteiger partial charge in [-0.15, -0.1) is 10.2 Å². The van der Waals surface area contributed by atoms with E-state index in [0.29, 0.717) is 24.2 Å². The van der Waals surface area contributed by atoms with E-state index in [2.05, 4.69) is 15.5 Å². The summed E-state index contributed by atoms with van der Waals surface area (Å²) in [6, 6.07) is -0.164. The Kier molecular flexibility index (Phi) is 3.49. The van der Waals surface area contributed by atoms with Gasteiger partial charge in [0.2, 0.25) is 10.1 Å². The Bertz CT molecular complexity index is 512. The number of alkyl halides is 3. The van der Waals surface area contributed by atoms with E-state index >= 15 is 0 Å². The molecule has 0 atom stereocenters. The van der Waals surface area contributed by atoms with Gasteiger partial charge in [-0.3, -0.25) is 0 Å². The number of anilines is 1. The third kappa shape index (κ3) is 3.31. The van der Waals surface area contributed by atoms with Crippen LogP contribution in [0.1, 0.15) is 17.8 Å². The molecular formula is C8H10F3N3O2S2. The Hall–Kier alpha value is -0.900. The van der Waals surface area contributed by atoms with Gasteiger partial charge in [0.15, 0.2) is 0 Å². The average molecular weight is 301 g/mol. The molecule has 0 bridgehead atoms. The minimum absolute atomic E-state index is 0.0512. The smallest absolute Gasteiger partial charge is 0.357 e. The fourth-order valence-electron chi connectivity index (χ4n) is 1.61. The zero-order valence-electron chi connectivity index (χ0n) is 9.07. The van der Waals surface area contributed by atoms with E-state index in [-0.39, 0.29) is 22.7 Å². The van der Waals surface area contributed by atoms with Crippen LogP contribution in [0.4, 0.5) is 18.3 Å². The number of hydrogen-bond donors (Lipinski definition) is 1. The topological polar surface area (TPSA) is 72.0 Å². The summed E-state index contributed by atoms with van der Waals surface area (Å²) in [6.45, 7) is 0. The van der Waals surface area contributed by atoms with Gasteiger partial charge in [-0.25, -0.2) is 8.42 Å². The first-order chi connectivity index (χ1) is 8.26. The lowest BCUT2D eigenvalue weighted by atomic mass is 10.2. The van der Waals surface area contributed by atoms with Gasteiger partial charge < -0.3 is 5.32 Å². The first kappa shape index (κ1) is 13.5. The van der Waals surface area contributed by atoms with E-state index in [1.54, 1.807) is 0 Å². The maximum Gasteiger partial charge on any atom is 0.445 e. The van der Waals surface area contributed by atoms with Crippen molar-refractivity contribution in [1.29, 1.82) is 0 Å². The van der Waals surface area contributed by atoms with E-state index in [9.17, 15) is 21.6 Å². The van der Waals surface area contributed by atoms with Gasteiger partial charge in [-0.2, -0.15) is 13.2 Å². The maximum absolute atomic E-state index is 12.3. The Morgan fingerprint density at radius 3 is 2.33 bits per heavy atom. The van der Waals surface area contributed by atoms with Gasteiger partial charge in [-0.05, 0) is 12.8 Å². The first-order valence-corrected chi connectivity index (χ1v) is 7.78. The van der Waals surface area contributed by atoms with Gasteiger partial charge in [0, 0.05) is 6.04 Å². The Labute approximate surface area is 105 Å². The number of nitrogens with one attached hydrogen (secondary N) is 1. The van der Waals surface area contributed by atoms with Crippen molar-refractivity contribution in [3.05, 3.63) is 5.01 Å². The third-order valence-electron chi connectivity index (χ3n) is 2.55. The summed E-state index contributed by atoms with van der Waals surface area (Å²) in [4.78, 5) is 0. The van der Waals surface area contributed by atoms with Crippen LogP contribution in [0.3, 0.4) is 0 Å². The molecule has 18 heavy (non-hydrogen) atoms. The number of aromatic nitrogens is 2. The van der Waals surface area contributed by atoms with Gasteiger partial charge in [0.1, 0.15) is 9.84 Å². The summed E-state index contributed by atoms with van der Waals surface area (Å²) in [5.41, 5.74) is 0. The summed E-state index contributed by atoms with van der Waals surface area (Å²) in [5, 5.41) is 8.31. The van der Waals surface area contributed by atoms with Crippen molar-refractivity contribution in [2.75, 3.05) is 16.8 Å². The summed E-state index contributed by atoms with van der Waals surface area (Å²) >= 11 is 0.426. The molecule has 1 aromatic rings. The molecule has 0 saturated carbocycles. The molecule has 2 rings (SSSR count). The molecule has 1 fully saturated rings. The van der Waals surface area contributed by atoms with Crippen molar-refractivity contribution in [3.63, 3.8) is 0 Å². The SMILES string of the molecule is O=S1(=O)CCC(Nc2nnc(C(F)(F)F)s2)CC1. The zero-order valence-corrected chi connectivity index (χ0v) is 10.7. The first-order valence-electron chi connectivity index (χ1n) is 5.14. The molecule has 0 aromatic carbocycles. The van der Waals surface area contributed by atoms with Crippen LogP contribution in [0.25, 0.3) is 0 Å². The lowest BCUT2D eigenvalue weighted by Gasteiger charge is -2.22. The second-order valence-electron chi connectivity index (χ2n) is 3.98. The van der Waals surface area contributed by atoms with Crippen LogP contribution in [0.2, 0.25) is 0 Å². The minimum Gasteiger partial charge on any atom is -0.357 e. The molecular weight excluding hydrogens is 291 g/mol. The predicted octanol–water partition coefficient (Wildman–Crippen LogP) is 1.55. The molecule has 102 valence electrons. The van der Waals surface area contributed by atoms with Crippen LogP contribution in [0, 0.1) is 0 Å². The maximum atomic E-state index is 12.3. The molecule has 5 nitrogen and oxygen atoms in total. The van der Waals surface area contributed by atoms with Crippen molar-refractivity contribution < 1.29 is 21.6 Å². The van der Waals surface area contributed by atoms with Crippen molar-refractivity contribution in [3.8, 4) is 0 Å². The van der Waals surface area contributed by atoms with Crippen LogP contribution in [-0.4, -0.2) is 36.2 Å². The van der Waals surface area contributed by atoms with Crippen LogP contribution in [0.15, 0.2) is 0 Å². The van der Waals surface area contributed by atoms with Crippen molar-refractivity contribution >= 4 is 26.3 Å². The monoisotopic (exact) mass is 301 g/mol. The Morgan fingerprint density at radius 1 is 1.22 bits per heavy atom. The van der Waals surface area contributed by atoms with E-state index < -0.39 is 21.0 Å². The van der Waals surface area contributed by atoms with Crippen LogP contribution >= 0.6 is 11.3 Å². The molecule has 1 aromatic heterocycles. The minimum atomic E-state index is -4.49. The van der Waals surface area contributed by atoms with Gasteiger partial charge in [-0.1, -0.05) is 11.3 Å². The third-order valence-corrected chi connectivity index (χ3v) is 5.16. The highest BCUT2D eigenvalue weighted by Crippen LogP contribution is 2.33. The largest absolute Gasteiger partial charge is 0.445 e. The fraction of sp³-hybridized carbons (Fsp3) is 0.750. The lowest BCUT2D eigenvalue weighted by Crippen LogP contribution is -2.32. The molecule has 1 saturated heterocycles. The molecule has 0 unspecified atom stereocenters. The van der Waals surface area contributed by atoms with E-state index in [4.69, 9.17) is 0 Å². The van der Waals surface area contributed by atoms with Crippen LogP contribution < -0.4 is 5.32 Å². The van der Waals surface area contributed by atoms with E-state index in [1.165, 1.54) is 0 Å². The molecule has 0 amide bonds. The van der Waals surface area contributed by atoms with Gasteiger partial charge in [0.25, 0.3) is 0 Å². The highest BCUT2D eigenvalue weighted by Gasteiger charge is 2.36. The molecule has 1 aliphatic heterocycles. The molecule has 2 heterocycles. The number of halogens is 3. The van der Waals surface area contributed by atoms with Crippen LogP contribution in [0.5, 0.6) is 0 Å². The van der Waals surface area contributed by atoms with Gasteiger partial charge >= 0.3 is 6.18 Å². The van der Waals surface area contributed by atoms with E-state index in [1.807, 2.05) is 0 Å². The Morgan fingerprint density at radius 2 is 1.83 bits per heavy atom. The zero-order chi connectivity index (χ0) is 13.4. The number of hydrogen-bond acceptors (Lipinski definition) is 6. The van der Waals surface area contributed by atoms with Gasteiger partial charge in [0.05, 0.1) is 11.5 Å². The highest BCUT2D eigenvalue weighted by atomic mass is 32.2. The second kappa shape index (κ2) is 4.65. The molecule has 0 aliphatic carbocycles. The number of nitrogens with zero attached hydrogens (tertiary/aromatic N) is 2. The lowest BCUT2D eigenvalue weighted by molar-refractivity contribution is -0.138. The summed E-state index contributed by atoms with van der Waals surface area (Å²) in [6.07, 6.45) is -3.74. The summed E-state index contributed by atoms with van der Waals surface area (Å²) in [5.74, 6) is 0.102. The normalized spacial score (nSPS) is 20.8. The van der Waals surface area contributed by atoms with Crippen molar-refractivity contribution in [2.24, 2.45) is 0 Å². The highest BCUT2D eigenvalue weighted by molar-refractivity contribution is 7.91. The summed E-state index contributed by atoms with van der Waals surface area (Å²) < 4.78 is 59.2. The predicted molar refractivity (Wildman–Crippen MR) is 60.2 cm³/mol. The molecule has 1 N–H and O–H groups in total. The second-order valence-corrected chi connectivity index (χ2v) is 7.26. The fourth-order valence-corrected chi connectivity index (χ4v) is 3.78. The van der Waals surface area contributed by atoms with Crippen LogP contribution in [-0.2, 0) is 16.0 Å². The molecule has 10 heteroatoms. The standard InChI is InChI=1S/C8H10F3N3O2S2/c9-8(10,11)6-13-14-7(17-6)12-5-1-3-18(15,16)4-2-5/h5H,1-4H2,(H,12,14). The molecule has 0 spiro atoms. The quantitative estimate of drug-likeness (QED) is 0.897. The van der Waals surface area contributed by atoms with E-state index in [0.717, 1.165) is 0 Å². The Balaban J connectivity index is 1.97. The molecule has 1 aliphatic rings. The van der Waals surface area contributed by atoms with Crippen molar-refractivity contribution in [2.45, 2.75) is 25.1 Å². The van der Waals surface area contributed by atoms with Crippen molar-refractivity contribution in [1.82, 2.24) is 10.2 Å². The summed E-state index contributed by atoms with van der Waals surface area (Å²) in [7, 11) is -2.98. The number of sulfone groups is 1. The average Bonchev–Trinajstić information content (AvgIpc) is 2.69.